The Kier molecular flexibility index (Phi) is 5.71. The largest absolute Gasteiger partial charge is 0.349 e. The van der Waals surface area contributed by atoms with Gasteiger partial charge in [0.05, 0.1) is 17.5 Å². The summed E-state index contributed by atoms with van der Waals surface area (Å²) in [6.45, 7) is 0. The number of benzene rings is 1. The number of carbonyl (C=O) groups is 2. The second-order valence-corrected chi connectivity index (χ2v) is 5.73. The Bertz CT molecular complexity index is 672. The third-order valence-electron chi connectivity index (χ3n) is 3.34. The van der Waals surface area contributed by atoms with Crippen LogP contribution in [-0.4, -0.2) is 35.8 Å². The van der Waals surface area contributed by atoms with Crippen LogP contribution in [0.5, 0.6) is 0 Å². The summed E-state index contributed by atoms with van der Waals surface area (Å²) in [7, 11) is 3.37. The summed E-state index contributed by atoms with van der Waals surface area (Å²) in [6.07, 6.45) is 1.59. The minimum atomic E-state index is -0.420. The summed E-state index contributed by atoms with van der Waals surface area (Å²) in [5, 5.41) is 3.32. The van der Waals surface area contributed by atoms with Gasteiger partial charge < -0.3 is 10.2 Å². The minimum Gasteiger partial charge on any atom is -0.349 e. The van der Waals surface area contributed by atoms with Crippen molar-refractivity contribution in [1.82, 2.24) is 15.2 Å². The topological polar surface area (TPSA) is 62.3 Å². The van der Waals surface area contributed by atoms with Gasteiger partial charge in [0.2, 0.25) is 5.91 Å². The average molecular weight is 332 g/mol. The Labute approximate surface area is 140 Å². The molecule has 0 aliphatic rings. The standard InChI is InChI=1S/C17H18ClN3O2/c1-21(2)16(22)10-15(12-6-4-3-5-7-12)20-17(23)14-9-8-13(18)11-19-14/h3-9,11,15H,10H2,1-2H3,(H,20,23)/t15-/m1/s1. The van der Waals surface area contributed by atoms with Crippen molar-refractivity contribution >= 4 is 23.4 Å². The molecular formula is C17H18ClN3O2. The van der Waals surface area contributed by atoms with E-state index >= 15 is 0 Å². The molecule has 1 aromatic carbocycles. The molecule has 0 aliphatic carbocycles. The van der Waals surface area contributed by atoms with Gasteiger partial charge in [-0.1, -0.05) is 41.9 Å². The molecule has 1 atom stereocenters. The predicted octanol–water partition coefficient (Wildman–Crippen LogP) is 2.68. The summed E-state index contributed by atoms with van der Waals surface area (Å²) in [6, 6.07) is 12.1. The molecule has 1 heterocycles. The van der Waals surface area contributed by atoms with Gasteiger partial charge in [-0.2, -0.15) is 0 Å². The van der Waals surface area contributed by atoms with Gasteiger partial charge >= 0.3 is 0 Å². The van der Waals surface area contributed by atoms with Gasteiger partial charge in [0.15, 0.2) is 0 Å². The fraction of sp³-hybridized carbons (Fsp3) is 0.235. The Hall–Kier alpha value is -2.40. The van der Waals surface area contributed by atoms with Crippen LogP contribution in [0.2, 0.25) is 5.02 Å². The fourth-order valence-electron chi connectivity index (χ4n) is 2.04. The van der Waals surface area contributed by atoms with E-state index < -0.39 is 6.04 Å². The average Bonchev–Trinajstić information content (AvgIpc) is 2.55. The lowest BCUT2D eigenvalue weighted by molar-refractivity contribution is -0.129. The first kappa shape index (κ1) is 17.0. The SMILES string of the molecule is CN(C)C(=O)C[C@@H](NC(=O)c1ccc(Cl)cn1)c1ccccc1. The molecule has 0 unspecified atom stereocenters. The molecule has 0 saturated carbocycles. The van der Waals surface area contributed by atoms with E-state index in [0.717, 1.165) is 5.56 Å². The van der Waals surface area contributed by atoms with Crippen LogP contribution in [0.4, 0.5) is 0 Å². The highest BCUT2D eigenvalue weighted by molar-refractivity contribution is 6.30. The van der Waals surface area contributed by atoms with Crippen molar-refractivity contribution in [3.63, 3.8) is 0 Å². The Balaban J connectivity index is 2.18. The molecule has 2 rings (SSSR count). The molecule has 1 N–H and O–H groups in total. The van der Waals surface area contributed by atoms with Gasteiger partial charge in [-0.05, 0) is 17.7 Å². The monoisotopic (exact) mass is 331 g/mol. The number of amides is 2. The van der Waals surface area contributed by atoms with Crippen molar-refractivity contribution in [2.75, 3.05) is 14.1 Å². The number of nitrogens with one attached hydrogen (secondary N) is 1. The van der Waals surface area contributed by atoms with Crippen LogP contribution in [-0.2, 0) is 4.79 Å². The number of nitrogens with zero attached hydrogens (tertiary/aromatic N) is 2. The summed E-state index contributed by atoms with van der Waals surface area (Å²) in [5.41, 5.74) is 1.12. The molecule has 0 spiro atoms. The van der Waals surface area contributed by atoms with E-state index in [1.54, 1.807) is 26.2 Å². The highest BCUT2D eigenvalue weighted by atomic mass is 35.5. The van der Waals surface area contributed by atoms with Gasteiger partial charge in [0.25, 0.3) is 5.91 Å². The summed E-state index contributed by atoms with van der Waals surface area (Å²) in [5.74, 6) is -0.412. The fourth-order valence-corrected chi connectivity index (χ4v) is 2.15. The van der Waals surface area contributed by atoms with E-state index in [9.17, 15) is 9.59 Å². The zero-order valence-electron chi connectivity index (χ0n) is 13.0. The lowest BCUT2D eigenvalue weighted by Gasteiger charge is -2.20. The number of aromatic nitrogens is 1. The predicted molar refractivity (Wildman–Crippen MR) is 89.2 cm³/mol. The van der Waals surface area contributed by atoms with E-state index in [2.05, 4.69) is 10.3 Å². The number of hydrogen-bond acceptors (Lipinski definition) is 3. The molecule has 120 valence electrons. The maximum atomic E-state index is 12.3. The molecule has 5 nitrogen and oxygen atoms in total. The van der Waals surface area contributed by atoms with Crippen molar-refractivity contribution in [3.05, 3.63) is 64.9 Å². The van der Waals surface area contributed by atoms with E-state index in [4.69, 9.17) is 11.6 Å². The first-order valence-corrected chi connectivity index (χ1v) is 7.52. The van der Waals surface area contributed by atoms with E-state index in [1.807, 2.05) is 30.3 Å². The van der Waals surface area contributed by atoms with Gasteiger partial charge in [-0.25, -0.2) is 4.98 Å². The molecular weight excluding hydrogens is 314 g/mol. The lowest BCUT2D eigenvalue weighted by Crippen LogP contribution is -2.33. The molecule has 0 aliphatic heterocycles. The number of hydrogen-bond donors (Lipinski definition) is 1. The number of carbonyl (C=O) groups excluding carboxylic acids is 2. The van der Waals surface area contributed by atoms with Crippen molar-refractivity contribution in [2.45, 2.75) is 12.5 Å². The second kappa shape index (κ2) is 7.74. The zero-order valence-corrected chi connectivity index (χ0v) is 13.7. The van der Waals surface area contributed by atoms with Gasteiger partial charge in [0, 0.05) is 20.3 Å². The third kappa shape index (κ3) is 4.79. The van der Waals surface area contributed by atoms with Gasteiger partial charge in [-0.3, -0.25) is 9.59 Å². The Morgan fingerprint density at radius 2 is 1.87 bits per heavy atom. The van der Waals surface area contributed by atoms with E-state index in [1.165, 1.54) is 11.1 Å². The molecule has 6 heteroatoms. The third-order valence-corrected chi connectivity index (χ3v) is 3.57. The highest BCUT2D eigenvalue weighted by Gasteiger charge is 2.20. The summed E-state index contributed by atoms with van der Waals surface area (Å²) in [4.78, 5) is 29.9. The van der Waals surface area contributed by atoms with Gasteiger partial charge in [-0.15, -0.1) is 0 Å². The van der Waals surface area contributed by atoms with Crippen molar-refractivity contribution < 1.29 is 9.59 Å². The zero-order chi connectivity index (χ0) is 16.8. The van der Waals surface area contributed by atoms with Crippen LogP contribution < -0.4 is 5.32 Å². The first-order chi connectivity index (χ1) is 11.0. The van der Waals surface area contributed by atoms with Crippen LogP contribution in [0.1, 0.15) is 28.5 Å². The molecule has 0 fully saturated rings. The molecule has 1 aromatic heterocycles. The summed E-state index contributed by atoms with van der Waals surface area (Å²) < 4.78 is 0. The van der Waals surface area contributed by atoms with Crippen LogP contribution in [0, 0.1) is 0 Å². The smallest absolute Gasteiger partial charge is 0.270 e. The lowest BCUT2D eigenvalue weighted by atomic mass is 10.0. The maximum absolute atomic E-state index is 12.3. The number of halogens is 1. The molecule has 0 radical (unpaired) electrons. The molecule has 2 aromatic rings. The molecule has 23 heavy (non-hydrogen) atoms. The number of rotatable bonds is 5. The quantitative estimate of drug-likeness (QED) is 0.916. The van der Waals surface area contributed by atoms with Crippen LogP contribution in [0.3, 0.4) is 0 Å². The van der Waals surface area contributed by atoms with Gasteiger partial charge in [0.1, 0.15) is 5.69 Å². The Morgan fingerprint density at radius 1 is 1.17 bits per heavy atom. The van der Waals surface area contributed by atoms with Crippen molar-refractivity contribution in [1.29, 1.82) is 0 Å². The van der Waals surface area contributed by atoms with Crippen LogP contribution >= 0.6 is 11.6 Å². The first-order valence-electron chi connectivity index (χ1n) is 7.15. The Morgan fingerprint density at radius 3 is 2.43 bits per heavy atom. The number of pyridine rings is 1. The summed E-state index contributed by atoms with van der Waals surface area (Å²) >= 11 is 5.78. The van der Waals surface area contributed by atoms with Crippen molar-refractivity contribution in [3.8, 4) is 0 Å². The molecule has 2 amide bonds. The van der Waals surface area contributed by atoms with Crippen LogP contribution in [0.25, 0.3) is 0 Å². The van der Waals surface area contributed by atoms with E-state index in [-0.39, 0.29) is 23.9 Å². The molecule has 0 bridgehead atoms. The van der Waals surface area contributed by atoms with Crippen molar-refractivity contribution in [2.24, 2.45) is 0 Å². The highest BCUT2D eigenvalue weighted by Crippen LogP contribution is 2.18. The minimum absolute atomic E-state index is 0.0665. The second-order valence-electron chi connectivity index (χ2n) is 5.29. The normalized spacial score (nSPS) is 11.6. The molecule has 0 saturated heterocycles. The maximum Gasteiger partial charge on any atom is 0.270 e. The van der Waals surface area contributed by atoms with E-state index in [0.29, 0.717) is 5.02 Å². The van der Waals surface area contributed by atoms with Crippen LogP contribution in [0.15, 0.2) is 48.7 Å².